The first kappa shape index (κ1) is 17.6. The Labute approximate surface area is 127 Å². The zero-order valence-corrected chi connectivity index (χ0v) is 13.6. The summed E-state index contributed by atoms with van der Waals surface area (Å²) in [5.41, 5.74) is 5.48. The summed E-state index contributed by atoms with van der Waals surface area (Å²) < 4.78 is 10.6. The van der Waals surface area contributed by atoms with E-state index in [-0.39, 0.29) is 6.09 Å². The van der Waals surface area contributed by atoms with Gasteiger partial charge >= 0.3 is 6.09 Å². The molecule has 1 aliphatic heterocycles. The van der Waals surface area contributed by atoms with Gasteiger partial charge in [-0.25, -0.2) is 4.79 Å². The Bertz CT molecular complexity index is 358. The number of carbonyl (C=O) groups is 1. The van der Waals surface area contributed by atoms with Crippen molar-refractivity contribution in [1.29, 1.82) is 0 Å². The van der Waals surface area contributed by atoms with Crippen molar-refractivity contribution in [2.75, 3.05) is 45.9 Å². The highest BCUT2D eigenvalue weighted by atomic mass is 16.6. The second kappa shape index (κ2) is 8.07. The largest absolute Gasteiger partial charge is 0.444 e. The van der Waals surface area contributed by atoms with Crippen molar-refractivity contribution in [3.05, 3.63) is 0 Å². The molecule has 0 aromatic carbocycles. The molecule has 122 valence electrons. The molecule has 1 rings (SSSR count). The van der Waals surface area contributed by atoms with Crippen LogP contribution in [0.1, 0.15) is 27.7 Å². The highest BCUT2D eigenvalue weighted by Crippen LogP contribution is 2.11. The third-order valence-electron chi connectivity index (χ3n) is 2.97. The number of carbonyl (C=O) groups excluding carboxylic acids is 1. The van der Waals surface area contributed by atoms with Gasteiger partial charge in [0.1, 0.15) is 5.60 Å². The third kappa shape index (κ3) is 6.66. The number of hydrogen-bond acceptors (Lipinski definition) is 4. The Kier molecular flexibility index (Phi) is 6.74. The van der Waals surface area contributed by atoms with Gasteiger partial charge < -0.3 is 25.0 Å². The molecule has 0 aromatic rings. The van der Waals surface area contributed by atoms with Crippen molar-refractivity contribution in [2.45, 2.75) is 33.3 Å². The van der Waals surface area contributed by atoms with Crippen molar-refractivity contribution in [1.82, 2.24) is 9.80 Å². The normalized spacial score (nSPS) is 17.0. The first-order valence-corrected chi connectivity index (χ1v) is 7.44. The molecule has 0 aromatic heterocycles. The number of ether oxygens (including phenoxy) is 2. The van der Waals surface area contributed by atoms with Crippen LogP contribution in [0.5, 0.6) is 0 Å². The van der Waals surface area contributed by atoms with Gasteiger partial charge in [0.05, 0.1) is 13.2 Å². The van der Waals surface area contributed by atoms with Crippen molar-refractivity contribution in [2.24, 2.45) is 10.7 Å². The van der Waals surface area contributed by atoms with E-state index in [0.29, 0.717) is 51.9 Å². The van der Waals surface area contributed by atoms with Gasteiger partial charge in [-0.15, -0.1) is 0 Å². The van der Waals surface area contributed by atoms with E-state index in [1.165, 1.54) is 0 Å². The molecule has 2 N–H and O–H groups in total. The second-order valence-electron chi connectivity index (χ2n) is 5.89. The molecule has 0 radical (unpaired) electrons. The SMILES string of the molecule is CCOCCN=C(N)N1CCN(C(=O)OC(C)(C)C)CC1. The Morgan fingerprint density at radius 1 is 1.19 bits per heavy atom. The zero-order valence-electron chi connectivity index (χ0n) is 13.6. The van der Waals surface area contributed by atoms with Gasteiger partial charge in [-0.1, -0.05) is 0 Å². The molecule has 7 heteroatoms. The highest BCUT2D eigenvalue weighted by molar-refractivity contribution is 5.78. The van der Waals surface area contributed by atoms with Gasteiger partial charge in [0, 0.05) is 32.8 Å². The fraction of sp³-hybridized carbons (Fsp3) is 0.857. The minimum absolute atomic E-state index is 0.269. The maximum Gasteiger partial charge on any atom is 0.410 e. The summed E-state index contributed by atoms with van der Waals surface area (Å²) in [5, 5.41) is 0. The van der Waals surface area contributed by atoms with Crippen LogP contribution < -0.4 is 5.73 Å². The van der Waals surface area contributed by atoms with Crippen LogP contribution in [0, 0.1) is 0 Å². The predicted molar refractivity (Wildman–Crippen MR) is 82.4 cm³/mol. The number of nitrogens with zero attached hydrogens (tertiary/aromatic N) is 3. The summed E-state index contributed by atoms with van der Waals surface area (Å²) in [4.78, 5) is 19.9. The quantitative estimate of drug-likeness (QED) is 0.474. The second-order valence-corrected chi connectivity index (χ2v) is 5.89. The first-order valence-electron chi connectivity index (χ1n) is 7.44. The Hall–Kier alpha value is -1.50. The average molecular weight is 300 g/mol. The monoisotopic (exact) mass is 300 g/mol. The fourth-order valence-corrected chi connectivity index (χ4v) is 1.91. The Morgan fingerprint density at radius 3 is 2.29 bits per heavy atom. The average Bonchev–Trinajstić information content (AvgIpc) is 2.41. The lowest BCUT2D eigenvalue weighted by Crippen LogP contribution is -2.53. The van der Waals surface area contributed by atoms with E-state index in [2.05, 4.69) is 4.99 Å². The Morgan fingerprint density at radius 2 is 1.76 bits per heavy atom. The molecule has 0 bridgehead atoms. The number of hydrogen-bond donors (Lipinski definition) is 1. The molecule has 0 atom stereocenters. The van der Waals surface area contributed by atoms with Crippen LogP contribution in [-0.4, -0.2) is 73.4 Å². The minimum atomic E-state index is -0.464. The highest BCUT2D eigenvalue weighted by Gasteiger charge is 2.26. The van der Waals surface area contributed by atoms with Crippen LogP contribution in [0.3, 0.4) is 0 Å². The molecule has 0 saturated carbocycles. The molecule has 1 amide bonds. The van der Waals surface area contributed by atoms with E-state index in [4.69, 9.17) is 15.2 Å². The van der Waals surface area contributed by atoms with E-state index in [0.717, 1.165) is 0 Å². The lowest BCUT2D eigenvalue weighted by molar-refractivity contribution is 0.0186. The third-order valence-corrected chi connectivity index (χ3v) is 2.97. The lowest BCUT2D eigenvalue weighted by atomic mass is 10.2. The molecule has 1 fully saturated rings. The number of guanidine groups is 1. The summed E-state index contributed by atoms with van der Waals surface area (Å²) >= 11 is 0. The van der Waals surface area contributed by atoms with Gasteiger partial charge in [-0.3, -0.25) is 4.99 Å². The van der Waals surface area contributed by atoms with Gasteiger partial charge in [-0.2, -0.15) is 0 Å². The van der Waals surface area contributed by atoms with E-state index >= 15 is 0 Å². The summed E-state index contributed by atoms with van der Waals surface area (Å²) in [5.74, 6) is 0.513. The van der Waals surface area contributed by atoms with E-state index in [1.807, 2.05) is 32.6 Å². The van der Waals surface area contributed by atoms with Crippen LogP contribution in [0.4, 0.5) is 4.79 Å². The van der Waals surface area contributed by atoms with Crippen LogP contribution >= 0.6 is 0 Å². The molecule has 0 spiro atoms. The number of piperazine rings is 1. The maximum absolute atomic E-state index is 11.9. The maximum atomic E-state index is 11.9. The number of aliphatic imine (C=N–C) groups is 1. The van der Waals surface area contributed by atoms with Gasteiger partial charge in [0.15, 0.2) is 5.96 Å². The molecule has 0 unspecified atom stereocenters. The topological polar surface area (TPSA) is 80.4 Å². The van der Waals surface area contributed by atoms with Gasteiger partial charge in [0.25, 0.3) is 0 Å². The zero-order chi connectivity index (χ0) is 15.9. The summed E-state index contributed by atoms with van der Waals surface area (Å²) in [7, 11) is 0. The number of rotatable bonds is 4. The Balaban J connectivity index is 2.36. The van der Waals surface area contributed by atoms with Gasteiger partial charge in [-0.05, 0) is 27.7 Å². The standard InChI is InChI=1S/C14H28N4O3/c1-5-20-11-6-16-12(15)17-7-9-18(10-8-17)13(19)21-14(2,3)4/h5-11H2,1-4H3,(H2,15,16). The van der Waals surface area contributed by atoms with Gasteiger partial charge in [0.2, 0.25) is 0 Å². The lowest BCUT2D eigenvalue weighted by Gasteiger charge is -2.36. The van der Waals surface area contributed by atoms with Crippen LogP contribution in [0.15, 0.2) is 4.99 Å². The first-order chi connectivity index (χ1) is 9.83. The summed E-state index contributed by atoms with van der Waals surface area (Å²) in [6, 6.07) is 0. The molecule has 21 heavy (non-hydrogen) atoms. The molecule has 1 heterocycles. The predicted octanol–water partition coefficient (Wildman–Crippen LogP) is 0.890. The van der Waals surface area contributed by atoms with E-state index in [9.17, 15) is 4.79 Å². The molecular weight excluding hydrogens is 272 g/mol. The van der Waals surface area contributed by atoms with Crippen molar-refractivity contribution in [3.8, 4) is 0 Å². The molecule has 1 aliphatic rings. The van der Waals surface area contributed by atoms with Crippen LogP contribution in [0.25, 0.3) is 0 Å². The molecule has 7 nitrogen and oxygen atoms in total. The van der Waals surface area contributed by atoms with Crippen molar-refractivity contribution in [3.63, 3.8) is 0 Å². The summed E-state index contributed by atoms with van der Waals surface area (Å²) in [6.07, 6.45) is -0.269. The number of amides is 1. The van der Waals surface area contributed by atoms with Crippen LogP contribution in [0.2, 0.25) is 0 Å². The molecular formula is C14H28N4O3. The molecule has 0 aliphatic carbocycles. The summed E-state index contributed by atoms with van der Waals surface area (Å²) in [6.45, 7) is 11.9. The van der Waals surface area contributed by atoms with Crippen LogP contribution in [-0.2, 0) is 9.47 Å². The van der Waals surface area contributed by atoms with Crippen molar-refractivity contribution < 1.29 is 14.3 Å². The smallest absolute Gasteiger partial charge is 0.410 e. The number of nitrogens with two attached hydrogens (primary N) is 1. The van der Waals surface area contributed by atoms with E-state index in [1.54, 1.807) is 4.90 Å². The fourth-order valence-electron chi connectivity index (χ4n) is 1.91. The molecule has 1 saturated heterocycles. The van der Waals surface area contributed by atoms with E-state index < -0.39 is 5.60 Å². The minimum Gasteiger partial charge on any atom is -0.444 e. The van der Waals surface area contributed by atoms with Crippen molar-refractivity contribution >= 4 is 12.1 Å².